The van der Waals surface area contributed by atoms with Gasteiger partial charge in [0.2, 0.25) is 0 Å². The molecular formula is C10H14N2OS. The first-order valence-electron chi connectivity index (χ1n) is 4.34. The minimum Gasteiger partial charge on any atom is -0.409 e. The van der Waals surface area contributed by atoms with Crippen LogP contribution in [0.1, 0.15) is 12.5 Å². The van der Waals surface area contributed by atoms with Crippen molar-refractivity contribution < 1.29 is 5.21 Å². The Morgan fingerprint density at radius 1 is 1.57 bits per heavy atom. The number of nitrogens with two attached hydrogens (primary N) is 1. The van der Waals surface area contributed by atoms with Crippen molar-refractivity contribution in [2.24, 2.45) is 10.9 Å². The van der Waals surface area contributed by atoms with Crippen molar-refractivity contribution in [3.8, 4) is 0 Å². The average Bonchev–Trinajstić information content (AvgIpc) is 2.16. The van der Waals surface area contributed by atoms with E-state index in [4.69, 9.17) is 10.9 Å². The van der Waals surface area contributed by atoms with Gasteiger partial charge in [0, 0.05) is 4.90 Å². The Morgan fingerprint density at radius 2 is 2.29 bits per heavy atom. The van der Waals surface area contributed by atoms with Gasteiger partial charge in [0.1, 0.15) is 0 Å². The highest BCUT2D eigenvalue weighted by molar-refractivity contribution is 8.00. The summed E-state index contributed by atoms with van der Waals surface area (Å²) in [6, 6.07) is 8.12. The molecule has 76 valence electrons. The van der Waals surface area contributed by atoms with E-state index in [0.29, 0.717) is 0 Å². The molecule has 0 aliphatic heterocycles. The van der Waals surface area contributed by atoms with Crippen molar-refractivity contribution in [2.45, 2.75) is 24.0 Å². The zero-order valence-corrected chi connectivity index (χ0v) is 9.08. The monoisotopic (exact) mass is 210 g/mol. The van der Waals surface area contributed by atoms with Gasteiger partial charge in [0.15, 0.2) is 5.84 Å². The first-order valence-corrected chi connectivity index (χ1v) is 5.22. The van der Waals surface area contributed by atoms with E-state index in [0.717, 1.165) is 4.90 Å². The van der Waals surface area contributed by atoms with Crippen LogP contribution in [-0.4, -0.2) is 16.3 Å². The van der Waals surface area contributed by atoms with Crippen LogP contribution in [-0.2, 0) is 0 Å². The molecule has 0 spiro atoms. The molecule has 0 radical (unpaired) electrons. The second-order valence-corrected chi connectivity index (χ2v) is 4.52. The van der Waals surface area contributed by atoms with E-state index in [1.165, 1.54) is 5.56 Å². The molecule has 0 bridgehead atoms. The zero-order valence-electron chi connectivity index (χ0n) is 8.27. The van der Waals surface area contributed by atoms with Crippen LogP contribution in [0.25, 0.3) is 0 Å². The fraction of sp³-hybridized carbons (Fsp3) is 0.300. The third-order valence-corrected chi connectivity index (χ3v) is 2.96. The van der Waals surface area contributed by atoms with Crippen molar-refractivity contribution in [2.75, 3.05) is 0 Å². The van der Waals surface area contributed by atoms with Crippen LogP contribution in [0.5, 0.6) is 0 Å². The Hall–Kier alpha value is -1.16. The van der Waals surface area contributed by atoms with Crippen LogP contribution in [0.2, 0.25) is 0 Å². The van der Waals surface area contributed by atoms with Gasteiger partial charge in [-0.15, -0.1) is 11.8 Å². The van der Waals surface area contributed by atoms with Crippen LogP contribution in [0, 0.1) is 6.92 Å². The maximum absolute atomic E-state index is 8.49. The van der Waals surface area contributed by atoms with Gasteiger partial charge in [-0.3, -0.25) is 0 Å². The summed E-state index contributed by atoms with van der Waals surface area (Å²) in [7, 11) is 0. The molecule has 0 aliphatic carbocycles. The van der Waals surface area contributed by atoms with Crippen molar-refractivity contribution in [3.05, 3.63) is 29.8 Å². The van der Waals surface area contributed by atoms with E-state index in [2.05, 4.69) is 11.2 Å². The van der Waals surface area contributed by atoms with Gasteiger partial charge in [0.25, 0.3) is 0 Å². The van der Waals surface area contributed by atoms with Gasteiger partial charge in [-0.25, -0.2) is 0 Å². The third kappa shape index (κ3) is 2.96. The molecule has 3 nitrogen and oxygen atoms in total. The van der Waals surface area contributed by atoms with Gasteiger partial charge in [-0.05, 0) is 26.0 Å². The second kappa shape index (κ2) is 4.91. The van der Waals surface area contributed by atoms with Crippen molar-refractivity contribution >= 4 is 17.6 Å². The summed E-state index contributed by atoms with van der Waals surface area (Å²) < 4.78 is 0. The molecule has 0 saturated heterocycles. The molecule has 1 atom stereocenters. The topological polar surface area (TPSA) is 58.6 Å². The molecule has 0 fully saturated rings. The smallest absolute Gasteiger partial charge is 0.152 e. The Kier molecular flexibility index (Phi) is 3.83. The molecule has 1 unspecified atom stereocenters. The first kappa shape index (κ1) is 10.9. The Labute approximate surface area is 88.0 Å². The highest BCUT2D eigenvalue weighted by atomic mass is 32.2. The van der Waals surface area contributed by atoms with Gasteiger partial charge in [0.05, 0.1) is 5.25 Å². The van der Waals surface area contributed by atoms with Gasteiger partial charge >= 0.3 is 0 Å². The summed E-state index contributed by atoms with van der Waals surface area (Å²) in [5, 5.41) is 11.5. The Balaban J connectivity index is 2.69. The fourth-order valence-electron chi connectivity index (χ4n) is 1.03. The molecule has 0 aliphatic rings. The van der Waals surface area contributed by atoms with E-state index >= 15 is 0 Å². The molecule has 1 aromatic carbocycles. The maximum atomic E-state index is 8.49. The largest absolute Gasteiger partial charge is 0.409 e. The average molecular weight is 210 g/mol. The van der Waals surface area contributed by atoms with Crippen molar-refractivity contribution in [3.63, 3.8) is 0 Å². The number of hydrogen-bond acceptors (Lipinski definition) is 3. The summed E-state index contributed by atoms with van der Waals surface area (Å²) in [6.45, 7) is 3.94. The van der Waals surface area contributed by atoms with E-state index in [1.807, 2.05) is 32.0 Å². The second-order valence-electron chi connectivity index (χ2n) is 3.10. The molecular weight excluding hydrogens is 196 g/mol. The van der Waals surface area contributed by atoms with E-state index in [1.54, 1.807) is 11.8 Å². The minimum atomic E-state index is -0.0122. The van der Waals surface area contributed by atoms with Crippen LogP contribution in [0.15, 0.2) is 34.3 Å². The molecule has 1 aromatic rings. The van der Waals surface area contributed by atoms with Crippen molar-refractivity contribution in [1.29, 1.82) is 0 Å². The summed E-state index contributed by atoms with van der Waals surface area (Å²) in [4.78, 5) is 1.13. The fourth-order valence-corrected chi connectivity index (χ4v) is 2.02. The number of thioether (sulfide) groups is 1. The summed E-state index contributed by atoms with van der Waals surface area (Å²) in [5.74, 6) is 0.247. The van der Waals surface area contributed by atoms with Crippen LogP contribution in [0.4, 0.5) is 0 Å². The van der Waals surface area contributed by atoms with Crippen molar-refractivity contribution in [1.82, 2.24) is 0 Å². The number of amidine groups is 1. The predicted octanol–water partition coefficient (Wildman–Crippen LogP) is 2.22. The minimum absolute atomic E-state index is 0.0122. The quantitative estimate of drug-likeness (QED) is 0.264. The van der Waals surface area contributed by atoms with Crippen LogP contribution < -0.4 is 5.73 Å². The maximum Gasteiger partial charge on any atom is 0.152 e. The van der Waals surface area contributed by atoms with Gasteiger partial charge < -0.3 is 10.9 Å². The highest BCUT2D eigenvalue weighted by Crippen LogP contribution is 2.23. The predicted molar refractivity (Wildman–Crippen MR) is 59.9 cm³/mol. The van der Waals surface area contributed by atoms with Crippen LogP contribution >= 0.6 is 11.8 Å². The lowest BCUT2D eigenvalue weighted by Crippen LogP contribution is -2.23. The number of oxime groups is 1. The lowest BCUT2D eigenvalue weighted by molar-refractivity contribution is 0.317. The van der Waals surface area contributed by atoms with Crippen LogP contribution in [0.3, 0.4) is 0 Å². The van der Waals surface area contributed by atoms with E-state index in [-0.39, 0.29) is 11.1 Å². The lowest BCUT2D eigenvalue weighted by atomic mass is 10.2. The first-order chi connectivity index (χ1) is 6.63. The van der Waals surface area contributed by atoms with E-state index in [9.17, 15) is 0 Å². The number of aryl methyl sites for hydroxylation is 1. The molecule has 0 saturated carbocycles. The third-order valence-electron chi connectivity index (χ3n) is 1.83. The number of hydrogen-bond donors (Lipinski definition) is 2. The number of benzene rings is 1. The molecule has 14 heavy (non-hydrogen) atoms. The molecule has 0 heterocycles. The normalized spacial score (nSPS) is 14.0. The molecule has 4 heteroatoms. The molecule has 1 rings (SSSR count). The number of nitrogens with zero attached hydrogens (tertiary/aromatic N) is 1. The van der Waals surface area contributed by atoms with Gasteiger partial charge in [-0.2, -0.15) is 0 Å². The molecule has 0 amide bonds. The summed E-state index contributed by atoms with van der Waals surface area (Å²) >= 11 is 1.57. The highest BCUT2D eigenvalue weighted by Gasteiger charge is 2.08. The standard InChI is InChI=1S/C10H14N2OS/c1-7-4-3-5-9(6-7)14-8(2)10(11)12-13/h3-6,8,13H,1-2H3,(H2,11,12). The van der Waals surface area contributed by atoms with E-state index < -0.39 is 0 Å². The molecule has 0 aromatic heterocycles. The Morgan fingerprint density at radius 3 is 2.86 bits per heavy atom. The Bertz CT molecular complexity index is 339. The number of rotatable bonds is 3. The SMILES string of the molecule is Cc1cccc(SC(C)C(N)=NO)c1. The molecule has 3 N–H and O–H groups in total. The van der Waals surface area contributed by atoms with Gasteiger partial charge in [-0.1, -0.05) is 22.9 Å². The lowest BCUT2D eigenvalue weighted by Gasteiger charge is -2.09. The zero-order chi connectivity index (χ0) is 10.6. The summed E-state index contributed by atoms with van der Waals surface area (Å²) in [6.07, 6.45) is 0. The summed E-state index contributed by atoms with van der Waals surface area (Å²) in [5.41, 5.74) is 6.69.